The van der Waals surface area contributed by atoms with Crippen molar-refractivity contribution in [1.82, 2.24) is 16.0 Å². The van der Waals surface area contributed by atoms with Crippen molar-refractivity contribution in [2.24, 2.45) is 4.99 Å². The molecule has 0 bridgehead atoms. The Hall–Kier alpha value is -2.63. The Morgan fingerprint density at radius 2 is 1.94 bits per heavy atom. The quantitative estimate of drug-likeness (QED) is 0.254. The average molecular weight is 548 g/mol. The largest absolute Gasteiger partial charge is 0.497 e. The first kappa shape index (κ1) is 26.4. The van der Waals surface area contributed by atoms with Gasteiger partial charge in [-0.1, -0.05) is 12.1 Å². The number of amides is 1. The summed E-state index contributed by atoms with van der Waals surface area (Å²) in [5.74, 6) is 0.915. The van der Waals surface area contributed by atoms with E-state index in [2.05, 4.69) is 25.7 Å². The molecule has 0 saturated heterocycles. The van der Waals surface area contributed by atoms with Gasteiger partial charge in [-0.2, -0.15) is 8.78 Å². The molecule has 1 amide bonds. The third kappa shape index (κ3) is 8.56. The summed E-state index contributed by atoms with van der Waals surface area (Å²) in [5.41, 5.74) is 1.91. The molecule has 31 heavy (non-hydrogen) atoms. The minimum atomic E-state index is -2.92. The van der Waals surface area contributed by atoms with Crippen LogP contribution in [0.1, 0.15) is 28.4 Å². The van der Waals surface area contributed by atoms with Crippen LogP contribution in [-0.4, -0.2) is 39.2 Å². The van der Waals surface area contributed by atoms with Gasteiger partial charge in [-0.3, -0.25) is 4.79 Å². The van der Waals surface area contributed by atoms with Gasteiger partial charge in [0, 0.05) is 31.3 Å². The average Bonchev–Trinajstić information content (AvgIpc) is 2.75. The van der Waals surface area contributed by atoms with Crippen LogP contribution < -0.4 is 25.4 Å². The van der Waals surface area contributed by atoms with Crippen LogP contribution in [0.2, 0.25) is 0 Å². The van der Waals surface area contributed by atoms with E-state index in [1.54, 1.807) is 37.4 Å². The van der Waals surface area contributed by atoms with Crippen LogP contribution in [0.15, 0.2) is 47.5 Å². The second-order valence-corrected chi connectivity index (χ2v) is 6.18. The van der Waals surface area contributed by atoms with Gasteiger partial charge >= 0.3 is 6.61 Å². The van der Waals surface area contributed by atoms with Gasteiger partial charge in [0.05, 0.1) is 13.7 Å². The Labute approximate surface area is 197 Å². The predicted molar refractivity (Wildman–Crippen MR) is 127 cm³/mol. The van der Waals surface area contributed by atoms with E-state index in [-0.39, 0.29) is 42.2 Å². The number of guanidine groups is 1. The first-order valence-corrected chi connectivity index (χ1v) is 9.41. The smallest absolute Gasteiger partial charge is 0.387 e. The number of halogens is 3. The Morgan fingerprint density at radius 3 is 2.58 bits per heavy atom. The van der Waals surface area contributed by atoms with Crippen molar-refractivity contribution in [1.29, 1.82) is 0 Å². The molecule has 0 saturated carbocycles. The van der Waals surface area contributed by atoms with E-state index >= 15 is 0 Å². The van der Waals surface area contributed by atoms with Crippen molar-refractivity contribution in [3.8, 4) is 11.5 Å². The van der Waals surface area contributed by atoms with Crippen molar-refractivity contribution in [2.75, 3.05) is 20.7 Å². The molecule has 0 aliphatic heterocycles. The summed E-state index contributed by atoms with van der Waals surface area (Å²) in [6.45, 7) is 0.136. The Morgan fingerprint density at radius 1 is 1.16 bits per heavy atom. The molecular formula is C21H27F2IN4O3. The SMILES string of the molecule is CCNC(=NCc1cccc(C(=O)NC)c1)NCc1cc(OC)ccc1OC(F)F.I. The predicted octanol–water partition coefficient (Wildman–Crippen LogP) is 3.53. The molecular weight excluding hydrogens is 521 g/mol. The molecule has 3 N–H and O–H groups in total. The molecule has 10 heteroatoms. The molecule has 0 heterocycles. The highest BCUT2D eigenvalue weighted by Gasteiger charge is 2.12. The van der Waals surface area contributed by atoms with Gasteiger partial charge in [0.25, 0.3) is 5.91 Å². The van der Waals surface area contributed by atoms with Gasteiger partial charge in [0.1, 0.15) is 11.5 Å². The summed E-state index contributed by atoms with van der Waals surface area (Å²) in [5, 5.41) is 8.78. The zero-order valence-electron chi connectivity index (χ0n) is 17.6. The maximum atomic E-state index is 12.7. The van der Waals surface area contributed by atoms with Gasteiger partial charge in [-0.25, -0.2) is 4.99 Å². The summed E-state index contributed by atoms with van der Waals surface area (Å²) in [4.78, 5) is 16.3. The summed E-state index contributed by atoms with van der Waals surface area (Å²) < 4.78 is 35.1. The normalized spacial score (nSPS) is 10.8. The lowest BCUT2D eigenvalue weighted by molar-refractivity contribution is -0.0505. The molecule has 0 aromatic heterocycles. The lowest BCUT2D eigenvalue weighted by Crippen LogP contribution is -2.36. The number of aliphatic imine (C=N–C) groups is 1. The van der Waals surface area contributed by atoms with E-state index in [4.69, 9.17) is 4.74 Å². The zero-order valence-corrected chi connectivity index (χ0v) is 19.9. The van der Waals surface area contributed by atoms with Crippen molar-refractivity contribution >= 4 is 35.8 Å². The van der Waals surface area contributed by atoms with Crippen LogP contribution in [0.25, 0.3) is 0 Å². The number of methoxy groups -OCH3 is 1. The van der Waals surface area contributed by atoms with E-state index in [0.717, 1.165) is 5.56 Å². The van der Waals surface area contributed by atoms with Gasteiger partial charge in [0.2, 0.25) is 0 Å². The molecule has 2 rings (SSSR count). The third-order valence-electron chi connectivity index (χ3n) is 4.11. The zero-order chi connectivity index (χ0) is 21.9. The van der Waals surface area contributed by atoms with Gasteiger partial charge in [-0.15, -0.1) is 24.0 Å². The van der Waals surface area contributed by atoms with Gasteiger partial charge in [-0.05, 0) is 42.8 Å². The van der Waals surface area contributed by atoms with Crippen molar-refractivity contribution in [3.05, 3.63) is 59.2 Å². The van der Waals surface area contributed by atoms with Crippen LogP contribution in [-0.2, 0) is 13.1 Å². The lowest BCUT2D eigenvalue weighted by Gasteiger charge is -2.15. The summed E-state index contributed by atoms with van der Waals surface area (Å²) in [7, 11) is 3.07. The fourth-order valence-electron chi connectivity index (χ4n) is 2.68. The number of benzene rings is 2. The molecule has 0 radical (unpaired) electrons. The number of alkyl halides is 2. The van der Waals surface area contributed by atoms with Crippen molar-refractivity contribution in [3.63, 3.8) is 0 Å². The highest BCUT2D eigenvalue weighted by molar-refractivity contribution is 14.0. The Bertz CT molecular complexity index is 881. The number of nitrogens with zero attached hydrogens (tertiary/aromatic N) is 1. The Balaban J connectivity index is 0.00000480. The number of nitrogens with one attached hydrogen (secondary N) is 3. The van der Waals surface area contributed by atoms with E-state index < -0.39 is 6.61 Å². The summed E-state index contributed by atoms with van der Waals surface area (Å²) in [6, 6.07) is 11.8. The molecule has 0 aliphatic rings. The fourth-order valence-corrected chi connectivity index (χ4v) is 2.68. The van der Waals surface area contributed by atoms with Crippen LogP contribution in [0.4, 0.5) is 8.78 Å². The molecule has 2 aromatic carbocycles. The maximum Gasteiger partial charge on any atom is 0.387 e. The van der Waals surface area contributed by atoms with Gasteiger partial charge < -0.3 is 25.4 Å². The maximum absolute atomic E-state index is 12.7. The Kier molecular flexibility index (Phi) is 11.6. The fraction of sp³-hybridized carbons (Fsp3) is 0.333. The van der Waals surface area contributed by atoms with E-state index in [1.165, 1.54) is 13.2 Å². The highest BCUT2D eigenvalue weighted by Crippen LogP contribution is 2.25. The van der Waals surface area contributed by atoms with Crippen LogP contribution in [0.5, 0.6) is 11.5 Å². The standard InChI is InChI=1S/C21H26F2N4O3.HI/c1-4-25-21(26-12-14-6-5-7-15(10-14)19(28)24-2)27-13-16-11-17(29-3)8-9-18(16)30-20(22)23;/h5-11,20H,4,12-13H2,1-3H3,(H,24,28)(H2,25,26,27);1H. The number of hydrogen-bond acceptors (Lipinski definition) is 4. The molecule has 7 nitrogen and oxygen atoms in total. The number of rotatable bonds is 9. The molecule has 0 atom stereocenters. The molecule has 170 valence electrons. The number of carbonyl (C=O) groups excluding carboxylic acids is 1. The monoisotopic (exact) mass is 548 g/mol. The van der Waals surface area contributed by atoms with Crippen LogP contribution in [0, 0.1) is 0 Å². The van der Waals surface area contributed by atoms with E-state index in [0.29, 0.717) is 35.9 Å². The third-order valence-corrected chi connectivity index (χ3v) is 4.11. The lowest BCUT2D eigenvalue weighted by atomic mass is 10.1. The topological polar surface area (TPSA) is 84.0 Å². The highest BCUT2D eigenvalue weighted by atomic mass is 127. The minimum Gasteiger partial charge on any atom is -0.497 e. The minimum absolute atomic E-state index is 0. The van der Waals surface area contributed by atoms with Crippen LogP contribution >= 0.6 is 24.0 Å². The number of ether oxygens (including phenoxy) is 2. The summed E-state index contributed by atoms with van der Waals surface area (Å²) in [6.07, 6.45) is 0. The van der Waals surface area contributed by atoms with Crippen molar-refractivity contribution < 1.29 is 23.0 Å². The number of hydrogen-bond donors (Lipinski definition) is 3. The van der Waals surface area contributed by atoms with Gasteiger partial charge in [0.15, 0.2) is 5.96 Å². The van der Waals surface area contributed by atoms with Crippen LogP contribution in [0.3, 0.4) is 0 Å². The van der Waals surface area contributed by atoms with E-state index in [9.17, 15) is 13.6 Å². The molecule has 0 spiro atoms. The molecule has 0 aliphatic carbocycles. The molecule has 0 fully saturated rings. The van der Waals surface area contributed by atoms with Crippen molar-refractivity contribution in [2.45, 2.75) is 26.6 Å². The summed E-state index contributed by atoms with van der Waals surface area (Å²) >= 11 is 0. The number of carbonyl (C=O) groups is 1. The second kappa shape index (κ2) is 13.6. The first-order chi connectivity index (χ1) is 14.5. The first-order valence-electron chi connectivity index (χ1n) is 9.41. The second-order valence-electron chi connectivity index (χ2n) is 6.18. The molecule has 0 unspecified atom stereocenters. The molecule has 2 aromatic rings. The van der Waals surface area contributed by atoms with E-state index in [1.807, 2.05) is 13.0 Å².